The molecule has 3 aromatic carbocycles. The second-order valence-corrected chi connectivity index (χ2v) is 10.0. The number of anilines is 1. The summed E-state index contributed by atoms with van der Waals surface area (Å²) in [6.07, 6.45) is 1.41. The van der Waals surface area contributed by atoms with Gasteiger partial charge in [0.15, 0.2) is 0 Å². The number of benzene rings is 3. The van der Waals surface area contributed by atoms with Crippen LogP contribution in [0.4, 0.5) is 14.5 Å². The van der Waals surface area contributed by atoms with Crippen LogP contribution in [-0.2, 0) is 17.4 Å². The molecule has 0 amide bonds. The van der Waals surface area contributed by atoms with Crippen LogP contribution in [0.1, 0.15) is 23.0 Å². The number of fused-ring (bicyclic) bond motifs is 1. The summed E-state index contributed by atoms with van der Waals surface area (Å²) in [5.74, 6) is -1.49. The molecule has 0 aliphatic heterocycles. The van der Waals surface area contributed by atoms with Gasteiger partial charge in [0.1, 0.15) is 40.0 Å². The van der Waals surface area contributed by atoms with E-state index >= 15 is 0 Å². The molecule has 13 heteroatoms. The number of phenolic OH excluding ortho intramolecular Hbond substituents is 1. The Morgan fingerprint density at radius 3 is 2.49 bits per heavy atom. The number of nitrogens with two attached hydrogens (primary N) is 1. The molecule has 0 fully saturated rings. The molecule has 0 saturated heterocycles. The zero-order valence-electron chi connectivity index (χ0n) is 21.1. The van der Waals surface area contributed by atoms with E-state index in [9.17, 15) is 22.9 Å². The third-order valence-electron chi connectivity index (χ3n) is 6.01. The van der Waals surface area contributed by atoms with Crippen LogP contribution in [0.5, 0.6) is 5.75 Å². The van der Waals surface area contributed by atoms with Crippen molar-refractivity contribution >= 4 is 45.0 Å². The Morgan fingerprint density at radius 1 is 1.18 bits per heavy atom. The minimum atomic E-state index is -1.63. The van der Waals surface area contributed by atoms with Crippen molar-refractivity contribution in [2.24, 2.45) is 10.1 Å². The highest BCUT2D eigenvalue weighted by molar-refractivity contribution is 7.83. The number of amidine groups is 1. The van der Waals surface area contributed by atoms with Crippen molar-refractivity contribution in [3.63, 3.8) is 0 Å². The van der Waals surface area contributed by atoms with Crippen LogP contribution in [0.3, 0.4) is 0 Å². The number of halogens is 3. The van der Waals surface area contributed by atoms with E-state index in [-0.39, 0.29) is 45.3 Å². The molecule has 1 heterocycles. The first kappa shape index (κ1) is 28.1. The fourth-order valence-corrected chi connectivity index (χ4v) is 5.01. The summed E-state index contributed by atoms with van der Waals surface area (Å²) >= 11 is 6.45. The molecule has 0 aliphatic carbocycles. The van der Waals surface area contributed by atoms with E-state index in [0.29, 0.717) is 16.9 Å². The molecule has 4 rings (SSSR count). The number of nitrogens with one attached hydrogen (secondary N) is 2. The van der Waals surface area contributed by atoms with E-state index in [1.165, 1.54) is 47.2 Å². The van der Waals surface area contributed by atoms with Crippen LogP contribution in [-0.4, -0.2) is 45.1 Å². The van der Waals surface area contributed by atoms with Gasteiger partial charge in [0.05, 0.1) is 38.9 Å². The minimum Gasteiger partial charge on any atom is -0.508 e. The maximum absolute atomic E-state index is 14.0. The Bertz CT molecular complexity index is 1670. The Labute approximate surface area is 230 Å². The molecule has 2 atom stereocenters. The fraction of sp³-hybridized carbons (Fsp3) is 0.192. The van der Waals surface area contributed by atoms with Crippen LogP contribution in [0.25, 0.3) is 16.6 Å². The van der Waals surface area contributed by atoms with E-state index in [1.54, 1.807) is 20.2 Å². The lowest BCUT2D eigenvalue weighted by Gasteiger charge is -2.24. The number of phenols is 1. The van der Waals surface area contributed by atoms with E-state index in [1.807, 2.05) is 0 Å². The van der Waals surface area contributed by atoms with Crippen LogP contribution in [0.15, 0.2) is 57.7 Å². The highest BCUT2D eigenvalue weighted by atomic mass is 35.5. The predicted molar refractivity (Wildman–Crippen MR) is 150 cm³/mol. The van der Waals surface area contributed by atoms with Crippen molar-refractivity contribution in [1.82, 2.24) is 14.9 Å². The molecule has 0 radical (unpaired) electrons. The topological polar surface area (TPSA) is 135 Å². The Balaban J connectivity index is 2.06. The highest BCUT2D eigenvalue weighted by Crippen LogP contribution is 2.33. The van der Waals surface area contributed by atoms with Gasteiger partial charge in [-0.05, 0) is 55.4 Å². The first-order valence-corrected chi connectivity index (χ1v) is 13.5. The smallest absolute Gasteiger partial charge is 0.266 e. The van der Waals surface area contributed by atoms with Crippen molar-refractivity contribution in [3.8, 4) is 11.4 Å². The number of nitrogens with zero attached hydrogens (tertiary/aromatic N) is 3. The third-order valence-corrected chi connectivity index (χ3v) is 6.78. The zero-order chi connectivity index (χ0) is 28.4. The molecular formula is C26H25ClF2N6O3S. The summed E-state index contributed by atoms with van der Waals surface area (Å²) < 4.78 is 44.9. The average molecular weight is 575 g/mol. The normalized spacial score (nSPS) is 13.4. The standard InChI is InChI=1S/C26H25ClF2N6O3S/c1-31-20(10-13-8-14(28)11-15(29)9-13)25-33-19-12-16(36)4-5-17(19)26(37)35(25)21-7-6-18(27)22(23(21)32-2)24(30)34-39(3)38/h4-9,11-12,20,31-32,36H,10H2,1-3H3,(H2,30,34). The van der Waals surface area contributed by atoms with E-state index in [2.05, 4.69) is 20.0 Å². The van der Waals surface area contributed by atoms with Gasteiger partial charge in [-0.1, -0.05) is 11.6 Å². The van der Waals surface area contributed by atoms with Gasteiger partial charge in [-0.3, -0.25) is 9.36 Å². The van der Waals surface area contributed by atoms with Gasteiger partial charge in [-0.2, -0.15) is 4.40 Å². The summed E-state index contributed by atoms with van der Waals surface area (Å²) in [4.78, 5) is 18.7. The number of hydrogen-bond acceptors (Lipinski definition) is 6. The van der Waals surface area contributed by atoms with E-state index in [4.69, 9.17) is 17.3 Å². The largest absolute Gasteiger partial charge is 0.508 e. The molecule has 4 aromatic rings. The summed E-state index contributed by atoms with van der Waals surface area (Å²) in [5.41, 5.74) is 7.04. The van der Waals surface area contributed by atoms with Crippen molar-refractivity contribution in [2.45, 2.75) is 12.5 Å². The number of hydrogen-bond donors (Lipinski definition) is 4. The maximum Gasteiger partial charge on any atom is 0.266 e. The number of aromatic nitrogens is 2. The average Bonchev–Trinajstić information content (AvgIpc) is 2.86. The SMILES string of the molecule is CNc1c(-n2c(C(Cc3cc(F)cc(F)c3)NC)nc3cc(O)ccc3c2=O)ccc(Cl)c1/C(N)=N/S(C)=O. The van der Waals surface area contributed by atoms with Gasteiger partial charge in [0.2, 0.25) is 0 Å². The van der Waals surface area contributed by atoms with E-state index < -0.39 is 34.2 Å². The fourth-order valence-electron chi connectivity index (χ4n) is 4.39. The monoisotopic (exact) mass is 574 g/mol. The second kappa shape index (κ2) is 11.5. The van der Waals surface area contributed by atoms with Gasteiger partial charge < -0.3 is 21.5 Å². The molecule has 204 valence electrons. The summed E-state index contributed by atoms with van der Waals surface area (Å²) in [6, 6.07) is 9.72. The maximum atomic E-state index is 14.0. The van der Waals surface area contributed by atoms with Crippen LogP contribution in [0.2, 0.25) is 5.02 Å². The van der Waals surface area contributed by atoms with Gasteiger partial charge in [0.25, 0.3) is 5.56 Å². The molecule has 39 heavy (non-hydrogen) atoms. The van der Waals surface area contributed by atoms with Gasteiger partial charge in [0, 0.05) is 25.4 Å². The summed E-state index contributed by atoms with van der Waals surface area (Å²) in [5, 5.41) is 16.5. The quantitative estimate of drug-likeness (QED) is 0.187. The van der Waals surface area contributed by atoms with Crippen molar-refractivity contribution in [3.05, 3.63) is 92.5 Å². The lowest BCUT2D eigenvalue weighted by molar-refractivity contribution is 0.476. The Morgan fingerprint density at radius 2 is 1.87 bits per heavy atom. The van der Waals surface area contributed by atoms with Crippen molar-refractivity contribution < 1.29 is 18.1 Å². The van der Waals surface area contributed by atoms with Crippen LogP contribution < -0.4 is 21.9 Å². The molecule has 0 spiro atoms. The third kappa shape index (κ3) is 5.77. The van der Waals surface area contributed by atoms with Crippen LogP contribution >= 0.6 is 11.6 Å². The van der Waals surface area contributed by atoms with Gasteiger partial charge >= 0.3 is 0 Å². The van der Waals surface area contributed by atoms with Crippen molar-refractivity contribution in [1.29, 1.82) is 0 Å². The predicted octanol–water partition coefficient (Wildman–Crippen LogP) is 3.57. The lowest BCUT2D eigenvalue weighted by Crippen LogP contribution is -2.32. The molecule has 0 bridgehead atoms. The molecule has 9 nitrogen and oxygen atoms in total. The van der Waals surface area contributed by atoms with Gasteiger partial charge in [-0.15, -0.1) is 0 Å². The molecular weight excluding hydrogens is 550 g/mol. The summed E-state index contributed by atoms with van der Waals surface area (Å²) in [6.45, 7) is 0. The Hall–Kier alpha value is -3.87. The summed E-state index contributed by atoms with van der Waals surface area (Å²) in [7, 11) is 1.59. The molecule has 2 unspecified atom stereocenters. The molecule has 1 aromatic heterocycles. The van der Waals surface area contributed by atoms with Crippen LogP contribution in [0, 0.1) is 11.6 Å². The Kier molecular flexibility index (Phi) is 8.28. The first-order chi connectivity index (χ1) is 18.5. The molecule has 0 saturated carbocycles. The zero-order valence-corrected chi connectivity index (χ0v) is 22.7. The number of rotatable bonds is 8. The highest BCUT2D eigenvalue weighted by Gasteiger charge is 2.25. The number of likely N-dealkylation sites (N-methyl/N-ethyl adjacent to an activating group) is 1. The van der Waals surface area contributed by atoms with Gasteiger partial charge in [-0.25, -0.2) is 18.0 Å². The number of aromatic hydroxyl groups is 1. The molecule has 0 aliphatic rings. The van der Waals surface area contributed by atoms with E-state index in [0.717, 1.165) is 6.07 Å². The molecule has 5 N–H and O–H groups in total. The second-order valence-electron chi connectivity index (χ2n) is 8.60. The lowest BCUT2D eigenvalue weighted by atomic mass is 10.0. The minimum absolute atomic E-state index is 0.0652. The van der Waals surface area contributed by atoms with Crippen molar-refractivity contribution in [2.75, 3.05) is 25.7 Å². The first-order valence-electron chi connectivity index (χ1n) is 11.6.